The van der Waals surface area contributed by atoms with Gasteiger partial charge in [0, 0.05) is 30.4 Å². The molecule has 2 atom stereocenters. The quantitative estimate of drug-likeness (QED) is 0.873. The Morgan fingerprint density at radius 3 is 2.84 bits per heavy atom. The first-order valence-corrected chi connectivity index (χ1v) is 8.91. The van der Waals surface area contributed by atoms with Crippen molar-refractivity contribution in [2.75, 3.05) is 5.32 Å². The van der Waals surface area contributed by atoms with Gasteiger partial charge in [-0.05, 0) is 26.0 Å². The van der Waals surface area contributed by atoms with Crippen molar-refractivity contribution in [3.63, 3.8) is 0 Å². The van der Waals surface area contributed by atoms with Crippen LogP contribution < -0.4 is 10.0 Å². The zero-order valence-corrected chi connectivity index (χ0v) is 15.0. The first-order chi connectivity index (χ1) is 11.8. The van der Waals surface area contributed by atoms with Crippen LogP contribution in [0.5, 0.6) is 0 Å². The summed E-state index contributed by atoms with van der Waals surface area (Å²) in [5.41, 5.74) is 1.97. The van der Waals surface area contributed by atoms with Gasteiger partial charge in [-0.1, -0.05) is 18.7 Å². The Morgan fingerprint density at radius 2 is 2.12 bits per heavy atom. The highest BCUT2D eigenvalue weighted by molar-refractivity contribution is 7.83. The number of benzene rings is 1. The maximum absolute atomic E-state index is 14.3. The van der Waals surface area contributed by atoms with Gasteiger partial charge in [0.2, 0.25) is 0 Å². The molecule has 0 bridgehead atoms. The Labute approximate surface area is 147 Å². The van der Waals surface area contributed by atoms with Crippen molar-refractivity contribution in [3.05, 3.63) is 59.4 Å². The number of fused-ring (bicyclic) bond motifs is 1. The van der Waals surface area contributed by atoms with Crippen LogP contribution in [-0.2, 0) is 18.0 Å². The van der Waals surface area contributed by atoms with E-state index in [1.165, 1.54) is 19.1 Å². The van der Waals surface area contributed by atoms with Crippen LogP contribution in [-0.4, -0.2) is 14.8 Å². The summed E-state index contributed by atoms with van der Waals surface area (Å²) in [6.45, 7) is 7.27. The third kappa shape index (κ3) is 3.17. The number of hydrogen-bond acceptors (Lipinski definition) is 2. The highest BCUT2D eigenvalue weighted by Gasteiger charge is 2.22. The molecule has 0 fully saturated rings. The first-order valence-electron chi connectivity index (χ1n) is 7.76. The Kier molecular flexibility index (Phi) is 4.62. The fourth-order valence-corrected chi connectivity index (χ4v) is 3.95. The second-order valence-corrected chi connectivity index (χ2v) is 7.25. The Morgan fingerprint density at radius 1 is 1.40 bits per heavy atom. The molecule has 1 aliphatic rings. The van der Waals surface area contributed by atoms with Crippen LogP contribution in [0.1, 0.15) is 23.7 Å². The molecule has 1 aromatic heterocycles. The van der Waals surface area contributed by atoms with Gasteiger partial charge >= 0.3 is 0 Å². The molecule has 0 spiro atoms. The molecule has 7 heteroatoms. The van der Waals surface area contributed by atoms with Crippen LogP contribution in [0.4, 0.5) is 14.5 Å². The summed E-state index contributed by atoms with van der Waals surface area (Å²) in [6, 6.07) is 2.51. The van der Waals surface area contributed by atoms with Gasteiger partial charge in [0.25, 0.3) is 0 Å². The summed E-state index contributed by atoms with van der Waals surface area (Å²) in [5, 5.41) is 2.91. The molecule has 0 saturated carbocycles. The number of nitrogens with zero attached hydrogens (tertiary/aromatic N) is 1. The number of nitrogens with one attached hydrogen (secondary N) is 2. The van der Waals surface area contributed by atoms with Crippen molar-refractivity contribution in [2.45, 2.75) is 24.8 Å². The van der Waals surface area contributed by atoms with Crippen LogP contribution in [0.3, 0.4) is 0 Å². The largest absolute Gasteiger partial charge is 0.352 e. The Bertz CT molecular complexity index is 918. The minimum absolute atomic E-state index is 0.0372. The average Bonchev–Trinajstić information content (AvgIpc) is 2.83. The molecule has 3 rings (SSSR count). The van der Waals surface area contributed by atoms with Gasteiger partial charge in [0.1, 0.15) is 16.8 Å². The van der Waals surface area contributed by atoms with Gasteiger partial charge in [-0.15, -0.1) is 0 Å². The van der Waals surface area contributed by atoms with Crippen LogP contribution in [0.15, 0.2) is 35.9 Å². The fraction of sp³-hybridized carbons (Fsp3) is 0.222. The van der Waals surface area contributed by atoms with E-state index in [2.05, 4.69) is 16.6 Å². The van der Waals surface area contributed by atoms with Gasteiger partial charge < -0.3 is 9.88 Å². The van der Waals surface area contributed by atoms with Crippen LogP contribution >= 0.6 is 0 Å². The third-order valence-electron chi connectivity index (χ3n) is 4.12. The van der Waals surface area contributed by atoms with E-state index in [0.29, 0.717) is 16.3 Å². The molecule has 2 unspecified atom stereocenters. The van der Waals surface area contributed by atoms with Crippen LogP contribution in [0, 0.1) is 18.6 Å². The minimum Gasteiger partial charge on any atom is -0.352 e. The van der Waals surface area contributed by atoms with Crippen molar-refractivity contribution in [2.24, 2.45) is 7.05 Å². The second kappa shape index (κ2) is 6.57. The number of halogens is 2. The second-order valence-electron chi connectivity index (χ2n) is 6.04. The lowest BCUT2D eigenvalue weighted by Crippen LogP contribution is -2.24. The summed E-state index contributed by atoms with van der Waals surface area (Å²) >= 11 is 0. The number of hydrogen-bond donors (Lipinski definition) is 2. The van der Waals surface area contributed by atoms with Crippen molar-refractivity contribution in [1.29, 1.82) is 0 Å². The zero-order valence-electron chi connectivity index (χ0n) is 14.2. The van der Waals surface area contributed by atoms with E-state index in [0.717, 1.165) is 5.56 Å². The van der Waals surface area contributed by atoms with E-state index in [1.807, 2.05) is 19.1 Å². The molecule has 0 radical (unpaired) electrons. The SMILES string of the molecule is C=C(Nc1ccc(F)c(C)c1F)c1c2c(cn1C)S(=O)NC(C)C=C2. The molecule has 0 amide bonds. The summed E-state index contributed by atoms with van der Waals surface area (Å²) in [4.78, 5) is 0.636. The third-order valence-corrected chi connectivity index (χ3v) is 5.43. The monoisotopic (exact) mass is 363 g/mol. The standard InChI is InChI=1S/C18H19F2N3OS/c1-10-5-6-13-16(25(24)22-10)9-23(4)18(13)12(3)21-15-8-7-14(19)11(2)17(15)20/h5-10,21-22H,3H2,1-2,4H3. The predicted molar refractivity (Wildman–Crippen MR) is 97.2 cm³/mol. The summed E-state index contributed by atoms with van der Waals surface area (Å²) in [6.07, 6.45) is 5.55. The normalized spacial score (nSPS) is 19.4. The van der Waals surface area contributed by atoms with Crippen molar-refractivity contribution < 1.29 is 13.0 Å². The van der Waals surface area contributed by atoms with E-state index < -0.39 is 22.6 Å². The maximum Gasteiger partial charge on any atom is 0.152 e. The zero-order chi connectivity index (χ0) is 18.3. The lowest BCUT2D eigenvalue weighted by atomic mass is 10.1. The first kappa shape index (κ1) is 17.6. The van der Waals surface area contributed by atoms with E-state index in [-0.39, 0.29) is 17.3 Å². The molecular weight excluding hydrogens is 344 g/mol. The topological polar surface area (TPSA) is 46.1 Å². The van der Waals surface area contributed by atoms with E-state index >= 15 is 0 Å². The number of anilines is 1. The van der Waals surface area contributed by atoms with Gasteiger partial charge in [-0.25, -0.2) is 17.7 Å². The average molecular weight is 363 g/mol. The van der Waals surface area contributed by atoms with E-state index in [4.69, 9.17) is 0 Å². The lowest BCUT2D eigenvalue weighted by molar-refractivity contribution is 0.571. The van der Waals surface area contributed by atoms with Crippen molar-refractivity contribution in [3.8, 4) is 0 Å². The van der Waals surface area contributed by atoms with Gasteiger partial charge in [0.15, 0.2) is 5.82 Å². The van der Waals surface area contributed by atoms with Crippen LogP contribution in [0.2, 0.25) is 0 Å². The number of aryl methyl sites for hydroxylation is 1. The molecule has 132 valence electrons. The molecule has 25 heavy (non-hydrogen) atoms. The lowest BCUT2D eigenvalue weighted by Gasteiger charge is -2.14. The van der Waals surface area contributed by atoms with Crippen LogP contribution in [0.25, 0.3) is 11.8 Å². The number of rotatable bonds is 3. The summed E-state index contributed by atoms with van der Waals surface area (Å²) in [7, 11) is 0.451. The van der Waals surface area contributed by atoms with Gasteiger partial charge in [-0.2, -0.15) is 0 Å². The van der Waals surface area contributed by atoms with Crippen molar-refractivity contribution >= 4 is 28.4 Å². The Hall–Kier alpha value is -2.25. The van der Waals surface area contributed by atoms with E-state index in [9.17, 15) is 13.0 Å². The molecule has 1 aliphatic heterocycles. The minimum atomic E-state index is -1.35. The highest BCUT2D eigenvalue weighted by Crippen LogP contribution is 2.30. The summed E-state index contributed by atoms with van der Waals surface area (Å²) in [5.74, 6) is -1.25. The Balaban J connectivity index is 2.01. The number of aromatic nitrogens is 1. The fourth-order valence-electron chi connectivity index (χ4n) is 2.79. The molecule has 2 heterocycles. The highest BCUT2D eigenvalue weighted by atomic mass is 32.2. The molecule has 0 aliphatic carbocycles. The molecule has 2 aromatic rings. The molecule has 2 N–H and O–H groups in total. The smallest absolute Gasteiger partial charge is 0.152 e. The molecule has 1 aromatic carbocycles. The van der Waals surface area contributed by atoms with Crippen molar-refractivity contribution in [1.82, 2.24) is 9.29 Å². The molecule has 4 nitrogen and oxygen atoms in total. The summed E-state index contributed by atoms with van der Waals surface area (Å²) < 4.78 is 44.8. The van der Waals surface area contributed by atoms with Gasteiger partial charge in [-0.3, -0.25) is 0 Å². The molecular formula is C18H19F2N3OS. The maximum atomic E-state index is 14.3. The van der Waals surface area contributed by atoms with Gasteiger partial charge in [0.05, 0.1) is 22.0 Å². The van der Waals surface area contributed by atoms with E-state index in [1.54, 1.807) is 17.8 Å². The predicted octanol–water partition coefficient (Wildman–Crippen LogP) is 3.72. The molecule has 0 saturated heterocycles.